The summed E-state index contributed by atoms with van der Waals surface area (Å²) in [4.78, 5) is 0. The van der Waals surface area contributed by atoms with Gasteiger partial charge in [0.1, 0.15) is 12.4 Å². The van der Waals surface area contributed by atoms with Crippen LogP contribution in [0.15, 0.2) is 29.8 Å². The Hall–Kier alpha value is -0.990. The van der Waals surface area contributed by atoms with E-state index >= 15 is 0 Å². The first kappa shape index (κ1) is 12.1. The van der Waals surface area contributed by atoms with E-state index in [1.54, 1.807) is 13.0 Å². The molecule has 0 heterocycles. The Balaban J connectivity index is 2.86. The van der Waals surface area contributed by atoms with E-state index in [9.17, 15) is 5.11 Å². The number of ether oxygens (including phenoxy) is 1. The Labute approximate surface area is 95.1 Å². The van der Waals surface area contributed by atoms with Gasteiger partial charge in [0.15, 0.2) is 0 Å². The Kier molecular flexibility index (Phi) is 4.66. The molecular weight excluding hydrogens is 212 g/mol. The average Bonchev–Trinajstić information content (AvgIpc) is 2.18. The van der Waals surface area contributed by atoms with E-state index < -0.39 is 6.10 Å². The van der Waals surface area contributed by atoms with Crippen molar-refractivity contribution in [1.29, 1.82) is 0 Å². The van der Waals surface area contributed by atoms with E-state index in [2.05, 4.69) is 0 Å². The van der Waals surface area contributed by atoms with Gasteiger partial charge >= 0.3 is 0 Å². The van der Waals surface area contributed by atoms with Crippen LogP contribution in [0.4, 0.5) is 0 Å². The highest BCUT2D eigenvalue weighted by Crippen LogP contribution is 2.26. The molecule has 0 saturated carbocycles. The quantitative estimate of drug-likeness (QED) is 0.855. The van der Waals surface area contributed by atoms with Gasteiger partial charge in [0.05, 0.1) is 6.10 Å². The predicted molar refractivity (Wildman–Crippen MR) is 62.3 cm³/mol. The maximum Gasteiger partial charge on any atom is 0.125 e. The van der Waals surface area contributed by atoms with Crippen molar-refractivity contribution in [1.82, 2.24) is 0 Å². The zero-order valence-corrected chi connectivity index (χ0v) is 9.66. The monoisotopic (exact) mass is 226 g/mol. The van der Waals surface area contributed by atoms with Gasteiger partial charge in [-0.3, -0.25) is 0 Å². The molecule has 0 saturated heterocycles. The minimum absolute atomic E-state index is 0.409. The van der Waals surface area contributed by atoms with Crippen LogP contribution >= 0.6 is 11.6 Å². The fourth-order valence-electron chi connectivity index (χ4n) is 1.29. The van der Waals surface area contributed by atoms with Crippen LogP contribution in [0.2, 0.25) is 0 Å². The van der Waals surface area contributed by atoms with Crippen molar-refractivity contribution in [2.45, 2.75) is 20.0 Å². The van der Waals surface area contributed by atoms with Gasteiger partial charge in [0.25, 0.3) is 0 Å². The number of aryl methyl sites for hydroxylation is 1. The summed E-state index contributed by atoms with van der Waals surface area (Å²) in [7, 11) is 0. The van der Waals surface area contributed by atoms with Crippen LogP contribution in [0.25, 0.3) is 0 Å². The Morgan fingerprint density at radius 2 is 2.27 bits per heavy atom. The first-order valence-corrected chi connectivity index (χ1v) is 5.25. The van der Waals surface area contributed by atoms with Crippen LogP contribution in [0.3, 0.4) is 0 Å². The Morgan fingerprint density at radius 3 is 2.87 bits per heavy atom. The van der Waals surface area contributed by atoms with E-state index in [0.29, 0.717) is 12.4 Å². The molecule has 1 aromatic carbocycles. The number of hydrogen-bond acceptors (Lipinski definition) is 2. The lowest BCUT2D eigenvalue weighted by molar-refractivity contribution is 0.193. The Morgan fingerprint density at radius 1 is 1.53 bits per heavy atom. The molecule has 0 radical (unpaired) electrons. The smallest absolute Gasteiger partial charge is 0.125 e. The van der Waals surface area contributed by atoms with Crippen molar-refractivity contribution in [3.63, 3.8) is 0 Å². The summed E-state index contributed by atoms with van der Waals surface area (Å²) in [5.74, 6) is 0.708. The van der Waals surface area contributed by atoms with Gasteiger partial charge in [-0.05, 0) is 31.6 Å². The minimum Gasteiger partial charge on any atom is -0.489 e. The minimum atomic E-state index is -0.527. The van der Waals surface area contributed by atoms with Gasteiger partial charge in [-0.2, -0.15) is 0 Å². The van der Waals surface area contributed by atoms with Gasteiger partial charge in [0, 0.05) is 11.1 Å². The average molecular weight is 227 g/mol. The van der Waals surface area contributed by atoms with E-state index in [1.165, 1.54) is 5.54 Å². The molecule has 0 amide bonds. The normalized spacial score (nSPS) is 13.1. The lowest BCUT2D eigenvalue weighted by atomic mass is 10.1. The topological polar surface area (TPSA) is 29.5 Å². The van der Waals surface area contributed by atoms with E-state index in [1.807, 2.05) is 25.1 Å². The van der Waals surface area contributed by atoms with Crippen LogP contribution < -0.4 is 4.74 Å². The highest BCUT2D eigenvalue weighted by molar-refractivity contribution is 6.25. The van der Waals surface area contributed by atoms with E-state index in [-0.39, 0.29) is 0 Å². The SMILES string of the molecule is Cc1ccc([C@@H](C)O)c(OCC=CCl)c1. The van der Waals surface area contributed by atoms with Gasteiger partial charge in [-0.1, -0.05) is 23.7 Å². The van der Waals surface area contributed by atoms with Crippen LogP contribution in [0.5, 0.6) is 5.75 Å². The standard InChI is InChI=1S/C12H15ClO2/c1-9-4-5-11(10(2)14)12(8-9)15-7-3-6-13/h3-6,8,10,14H,7H2,1-2H3/t10-/m1/s1. The summed E-state index contributed by atoms with van der Waals surface area (Å²) in [5, 5.41) is 9.53. The lowest BCUT2D eigenvalue weighted by Gasteiger charge is -2.12. The molecule has 0 aliphatic rings. The Bertz CT molecular complexity index is 345. The summed E-state index contributed by atoms with van der Waals surface area (Å²) in [6, 6.07) is 5.73. The van der Waals surface area contributed by atoms with Gasteiger partial charge in [-0.25, -0.2) is 0 Å². The number of benzene rings is 1. The van der Waals surface area contributed by atoms with Crippen molar-refractivity contribution in [2.24, 2.45) is 0 Å². The predicted octanol–water partition coefficient (Wildman–Crippen LogP) is 3.18. The molecule has 1 aromatic rings. The zero-order valence-electron chi connectivity index (χ0n) is 8.90. The molecule has 0 aromatic heterocycles. The van der Waals surface area contributed by atoms with Crippen LogP contribution in [-0.2, 0) is 0 Å². The highest BCUT2D eigenvalue weighted by atomic mass is 35.5. The first-order chi connectivity index (χ1) is 7.15. The third-order valence-electron chi connectivity index (χ3n) is 2.04. The summed E-state index contributed by atoms with van der Waals surface area (Å²) in [5.41, 5.74) is 3.31. The molecule has 3 heteroatoms. The maximum absolute atomic E-state index is 9.53. The molecule has 15 heavy (non-hydrogen) atoms. The van der Waals surface area contributed by atoms with Crippen molar-refractivity contribution in [2.75, 3.05) is 6.61 Å². The van der Waals surface area contributed by atoms with Crippen LogP contribution in [-0.4, -0.2) is 11.7 Å². The van der Waals surface area contributed by atoms with Gasteiger partial charge in [0.2, 0.25) is 0 Å². The number of hydrogen-bond donors (Lipinski definition) is 1. The zero-order chi connectivity index (χ0) is 11.3. The maximum atomic E-state index is 9.53. The van der Waals surface area contributed by atoms with Crippen molar-refractivity contribution >= 4 is 11.6 Å². The molecule has 0 aliphatic heterocycles. The molecule has 1 atom stereocenters. The third-order valence-corrected chi connectivity index (χ3v) is 2.22. The second kappa shape index (κ2) is 5.79. The second-order valence-electron chi connectivity index (χ2n) is 3.39. The molecule has 0 bridgehead atoms. The fraction of sp³-hybridized carbons (Fsp3) is 0.333. The number of halogens is 1. The summed E-state index contributed by atoms with van der Waals surface area (Å²) in [6.45, 7) is 4.11. The van der Waals surface area contributed by atoms with Crippen molar-refractivity contribution in [3.05, 3.63) is 40.9 Å². The van der Waals surface area contributed by atoms with Gasteiger partial charge in [-0.15, -0.1) is 0 Å². The molecule has 2 nitrogen and oxygen atoms in total. The van der Waals surface area contributed by atoms with Gasteiger partial charge < -0.3 is 9.84 Å². The first-order valence-electron chi connectivity index (χ1n) is 4.81. The number of aliphatic hydroxyl groups is 1. The van der Waals surface area contributed by atoms with Crippen LogP contribution in [0.1, 0.15) is 24.2 Å². The van der Waals surface area contributed by atoms with E-state index in [0.717, 1.165) is 11.1 Å². The number of rotatable bonds is 4. The molecule has 1 N–H and O–H groups in total. The second-order valence-corrected chi connectivity index (χ2v) is 3.64. The fourth-order valence-corrected chi connectivity index (χ4v) is 1.36. The highest BCUT2D eigenvalue weighted by Gasteiger charge is 2.08. The third kappa shape index (κ3) is 3.57. The number of aliphatic hydroxyl groups excluding tert-OH is 1. The van der Waals surface area contributed by atoms with Crippen molar-refractivity contribution in [3.8, 4) is 5.75 Å². The summed E-state index contributed by atoms with van der Waals surface area (Å²) >= 11 is 5.39. The molecule has 0 fully saturated rings. The largest absolute Gasteiger partial charge is 0.489 e. The molecule has 0 aliphatic carbocycles. The molecule has 82 valence electrons. The van der Waals surface area contributed by atoms with Crippen LogP contribution in [0, 0.1) is 6.92 Å². The molecule has 0 spiro atoms. The summed E-state index contributed by atoms with van der Waals surface area (Å²) < 4.78 is 5.49. The molecule has 1 rings (SSSR count). The molecule has 0 unspecified atom stereocenters. The molecular formula is C12H15ClO2. The van der Waals surface area contributed by atoms with E-state index in [4.69, 9.17) is 16.3 Å². The van der Waals surface area contributed by atoms with Crippen molar-refractivity contribution < 1.29 is 9.84 Å². The lowest BCUT2D eigenvalue weighted by Crippen LogP contribution is -2.00. The summed E-state index contributed by atoms with van der Waals surface area (Å²) in [6.07, 6.45) is 1.18.